The van der Waals surface area contributed by atoms with Gasteiger partial charge in [-0.15, -0.1) is 0 Å². The van der Waals surface area contributed by atoms with Crippen molar-refractivity contribution in [2.24, 2.45) is 5.92 Å². The van der Waals surface area contributed by atoms with Gasteiger partial charge in [0.2, 0.25) is 5.95 Å². The predicted molar refractivity (Wildman–Crippen MR) is 115 cm³/mol. The number of para-hydroxylation sites is 1. The Morgan fingerprint density at radius 3 is 2.52 bits per heavy atom. The molecule has 1 unspecified atom stereocenters. The highest BCUT2D eigenvalue weighted by Gasteiger charge is 2.24. The quantitative estimate of drug-likeness (QED) is 0.638. The molecule has 1 saturated heterocycles. The summed E-state index contributed by atoms with van der Waals surface area (Å²) in [5.74, 6) is 1.07. The minimum atomic E-state index is -0.00655. The lowest BCUT2D eigenvalue weighted by molar-refractivity contribution is 0.0677. The van der Waals surface area contributed by atoms with Gasteiger partial charge in [0.25, 0.3) is 5.91 Å². The third kappa shape index (κ3) is 4.62. The number of carbonyl (C=O) groups excluding carboxylic acids is 1. The van der Waals surface area contributed by atoms with Crippen LogP contribution < -0.4 is 4.90 Å². The maximum absolute atomic E-state index is 13.0. The highest BCUT2D eigenvalue weighted by atomic mass is 16.2. The molecular weight excluding hydrogens is 360 g/mol. The monoisotopic (exact) mass is 386 g/mol. The number of nitrogens with zero attached hydrogens (tertiary/aromatic N) is 4. The number of piperidine rings is 1. The van der Waals surface area contributed by atoms with Crippen LogP contribution in [-0.2, 0) is 6.54 Å². The average molecular weight is 386 g/mol. The van der Waals surface area contributed by atoms with Crippen molar-refractivity contribution >= 4 is 17.5 Å². The molecule has 5 heteroatoms. The van der Waals surface area contributed by atoms with E-state index in [1.165, 1.54) is 6.42 Å². The summed E-state index contributed by atoms with van der Waals surface area (Å²) in [6.07, 6.45) is 3.91. The van der Waals surface area contributed by atoms with Gasteiger partial charge in [0, 0.05) is 25.0 Å². The molecule has 1 fully saturated rings. The molecule has 1 amide bonds. The van der Waals surface area contributed by atoms with Crippen molar-refractivity contribution < 1.29 is 4.79 Å². The minimum Gasteiger partial charge on any atom is -0.337 e. The Morgan fingerprint density at radius 1 is 1.07 bits per heavy atom. The van der Waals surface area contributed by atoms with E-state index in [-0.39, 0.29) is 5.91 Å². The Kier molecular flexibility index (Phi) is 5.84. The molecule has 0 N–H and O–H groups in total. The van der Waals surface area contributed by atoms with Crippen molar-refractivity contribution in [3.63, 3.8) is 0 Å². The summed E-state index contributed by atoms with van der Waals surface area (Å²) in [7, 11) is 0. The van der Waals surface area contributed by atoms with E-state index in [0.29, 0.717) is 24.1 Å². The number of benzene rings is 2. The molecule has 2 aromatic carbocycles. The lowest BCUT2D eigenvalue weighted by atomic mass is 10.00. The molecule has 2 heterocycles. The first-order valence-electron chi connectivity index (χ1n) is 10.2. The van der Waals surface area contributed by atoms with Gasteiger partial charge in [-0.25, -0.2) is 9.97 Å². The normalized spacial score (nSPS) is 16.4. The molecule has 5 nitrogen and oxygen atoms in total. The molecule has 29 heavy (non-hydrogen) atoms. The van der Waals surface area contributed by atoms with E-state index < -0.39 is 0 Å². The second-order valence-electron chi connectivity index (χ2n) is 7.65. The highest BCUT2D eigenvalue weighted by Crippen LogP contribution is 2.25. The zero-order chi connectivity index (χ0) is 20.1. The lowest BCUT2D eigenvalue weighted by Crippen LogP contribution is -2.39. The zero-order valence-electron chi connectivity index (χ0n) is 16.7. The van der Waals surface area contributed by atoms with Crippen LogP contribution in [0.25, 0.3) is 0 Å². The van der Waals surface area contributed by atoms with Crippen molar-refractivity contribution in [1.29, 1.82) is 0 Å². The van der Waals surface area contributed by atoms with E-state index in [4.69, 9.17) is 0 Å². The SMILES string of the molecule is CC1CCCN(C(=O)c2ccnc(N(Cc3ccccc3)c3ccccc3)n2)C1. The second kappa shape index (κ2) is 8.86. The third-order valence-corrected chi connectivity index (χ3v) is 5.30. The summed E-state index contributed by atoms with van der Waals surface area (Å²) in [6.45, 7) is 4.42. The molecule has 4 rings (SSSR count). The van der Waals surface area contributed by atoms with Crippen LogP contribution in [0.2, 0.25) is 0 Å². The summed E-state index contributed by atoms with van der Waals surface area (Å²) in [5.41, 5.74) is 2.60. The van der Waals surface area contributed by atoms with Crippen LogP contribution in [0.15, 0.2) is 72.9 Å². The van der Waals surface area contributed by atoms with E-state index in [1.807, 2.05) is 58.3 Å². The van der Waals surface area contributed by atoms with Crippen LogP contribution in [-0.4, -0.2) is 33.9 Å². The molecule has 0 radical (unpaired) electrons. The first-order valence-corrected chi connectivity index (χ1v) is 10.2. The van der Waals surface area contributed by atoms with E-state index >= 15 is 0 Å². The van der Waals surface area contributed by atoms with Crippen LogP contribution in [0, 0.1) is 5.92 Å². The van der Waals surface area contributed by atoms with E-state index in [9.17, 15) is 4.79 Å². The molecule has 1 aromatic heterocycles. The molecule has 0 aliphatic carbocycles. The fourth-order valence-corrected chi connectivity index (χ4v) is 3.78. The first-order chi connectivity index (χ1) is 14.2. The van der Waals surface area contributed by atoms with Crippen LogP contribution in [0.1, 0.15) is 35.8 Å². The molecule has 1 aliphatic heterocycles. The molecule has 0 saturated carbocycles. The van der Waals surface area contributed by atoms with Gasteiger partial charge in [0.05, 0.1) is 6.54 Å². The van der Waals surface area contributed by atoms with Gasteiger partial charge in [-0.2, -0.15) is 0 Å². The van der Waals surface area contributed by atoms with Crippen molar-refractivity contribution in [3.8, 4) is 0 Å². The second-order valence-corrected chi connectivity index (χ2v) is 7.65. The number of aromatic nitrogens is 2. The number of amides is 1. The summed E-state index contributed by atoms with van der Waals surface area (Å²) in [6, 6.07) is 22.0. The third-order valence-electron chi connectivity index (χ3n) is 5.30. The van der Waals surface area contributed by atoms with E-state index in [1.54, 1.807) is 12.3 Å². The van der Waals surface area contributed by atoms with Crippen molar-refractivity contribution in [3.05, 3.63) is 84.2 Å². The number of likely N-dealkylation sites (tertiary alicyclic amines) is 1. The van der Waals surface area contributed by atoms with Gasteiger partial charge in [-0.05, 0) is 42.5 Å². The summed E-state index contributed by atoms with van der Waals surface area (Å²) in [5, 5.41) is 0. The van der Waals surface area contributed by atoms with Crippen LogP contribution >= 0.6 is 0 Å². The maximum Gasteiger partial charge on any atom is 0.272 e. The topological polar surface area (TPSA) is 49.3 Å². The van der Waals surface area contributed by atoms with Gasteiger partial charge in [-0.3, -0.25) is 4.79 Å². The maximum atomic E-state index is 13.0. The number of hydrogen-bond donors (Lipinski definition) is 0. The molecule has 1 aliphatic rings. The number of anilines is 2. The average Bonchev–Trinajstić information content (AvgIpc) is 2.78. The van der Waals surface area contributed by atoms with Gasteiger partial charge in [0.15, 0.2) is 0 Å². The fourth-order valence-electron chi connectivity index (χ4n) is 3.78. The Morgan fingerprint density at radius 2 is 1.79 bits per heavy atom. The lowest BCUT2D eigenvalue weighted by Gasteiger charge is -2.31. The standard InChI is InChI=1S/C24H26N4O/c1-19-9-8-16-27(17-19)23(29)22-14-15-25-24(26-22)28(21-12-6-3-7-13-21)18-20-10-4-2-5-11-20/h2-7,10-15,19H,8-9,16-18H2,1H3. The number of carbonyl (C=O) groups is 1. The molecule has 0 spiro atoms. The smallest absolute Gasteiger partial charge is 0.272 e. The number of hydrogen-bond acceptors (Lipinski definition) is 4. The van der Waals surface area contributed by atoms with Crippen LogP contribution in [0.3, 0.4) is 0 Å². The summed E-state index contributed by atoms with van der Waals surface area (Å²) < 4.78 is 0. The Balaban J connectivity index is 1.64. The van der Waals surface area contributed by atoms with Gasteiger partial charge in [0.1, 0.15) is 5.69 Å². The molecule has 1 atom stereocenters. The molecular formula is C24H26N4O. The summed E-state index contributed by atoms with van der Waals surface area (Å²) in [4.78, 5) is 26.2. The van der Waals surface area contributed by atoms with E-state index in [2.05, 4.69) is 29.0 Å². The van der Waals surface area contributed by atoms with Gasteiger partial charge < -0.3 is 9.80 Å². The zero-order valence-corrected chi connectivity index (χ0v) is 16.7. The van der Waals surface area contributed by atoms with Crippen LogP contribution in [0.4, 0.5) is 11.6 Å². The molecule has 148 valence electrons. The Bertz CT molecular complexity index is 945. The fraction of sp³-hybridized carbons (Fsp3) is 0.292. The van der Waals surface area contributed by atoms with E-state index in [0.717, 1.165) is 30.8 Å². The van der Waals surface area contributed by atoms with Crippen molar-refractivity contribution in [2.45, 2.75) is 26.3 Å². The van der Waals surface area contributed by atoms with Crippen molar-refractivity contribution in [2.75, 3.05) is 18.0 Å². The largest absolute Gasteiger partial charge is 0.337 e. The highest BCUT2D eigenvalue weighted by molar-refractivity contribution is 5.92. The van der Waals surface area contributed by atoms with Crippen molar-refractivity contribution in [1.82, 2.24) is 14.9 Å². The van der Waals surface area contributed by atoms with Gasteiger partial charge >= 0.3 is 0 Å². The number of rotatable bonds is 5. The summed E-state index contributed by atoms with van der Waals surface area (Å²) >= 11 is 0. The first kappa shape index (κ1) is 19.1. The Hall–Kier alpha value is -3.21. The Labute approximate surface area is 172 Å². The van der Waals surface area contributed by atoms with Gasteiger partial charge in [-0.1, -0.05) is 55.5 Å². The predicted octanol–water partition coefficient (Wildman–Crippen LogP) is 4.69. The molecule has 3 aromatic rings. The van der Waals surface area contributed by atoms with Crippen LogP contribution in [0.5, 0.6) is 0 Å². The minimum absolute atomic E-state index is 0.00655. The molecule has 0 bridgehead atoms.